The van der Waals surface area contributed by atoms with E-state index >= 15 is 0 Å². The zero-order valence-corrected chi connectivity index (χ0v) is 15.2. The van der Waals surface area contributed by atoms with E-state index in [0.29, 0.717) is 11.1 Å². The third-order valence-electron chi connectivity index (χ3n) is 3.51. The van der Waals surface area contributed by atoms with Crippen LogP contribution >= 0.6 is 0 Å². The van der Waals surface area contributed by atoms with Crippen molar-refractivity contribution < 1.29 is 36.2 Å². The maximum atomic E-state index is 12.5. The number of ether oxygens (including phenoxy) is 3. The van der Waals surface area contributed by atoms with Gasteiger partial charge in [0.05, 0.1) is 13.7 Å². The van der Waals surface area contributed by atoms with Gasteiger partial charge in [-0.05, 0) is 35.4 Å². The van der Waals surface area contributed by atoms with Crippen molar-refractivity contribution in [1.29, 1.82) is 0 Å². The number of hydrogen-bond acceptors (Lipinski definition) is 4. The number of guanidine groups is 1. The summed E-state index contributed by atoms with van der Waals surface area (Å²) in [6, 6.07) is 9.70. The van der Waals surface area contributed by atoms with Crippen LogP contribution in [0.1, 0.15) is 11.1 Å². The Hall–Kier alpha value is -3.24. The van der Waals surface area contributed by atoms with Crippen molar-refractivity contribution in [2.75, 3.05) is 7.11 Å². The number of nitrogens with one attached hydrogen (secondary N) is 1. The maximum Gasteiger partial charge on any atom is 0.573 e. The van der Waals surface area contributed by atoms with E-state index in [4.69, 9.17) is 10.5 Å². The number of alkyl halides is 5. The normalized spacial score (nSPS) is 12.0. The zero-order valence-electron chi connectivity index (χ0n) is 15.2. The van der Waals surface area contributed by atoms with Crippen LogP contribution < -0.4 is 25.3 Å². The first-order valence-corrected chi connectivity index (χ1v) is 8.16. The molecule has 0 aliphatic heterocycles. The molecule has 0 spiro atoms. The molecule has 0 radical (unpaired) electrons. The van der Waals surface area contributed by atoms with E-state index in [9.17, 15) is 22.0 Å². The fraction of sp³-hybridized carbons (Fsp3) is 0.278. The van der Waals surface area contributed by atoms with Gasteiger partial charge in [-0.1, -0.05) is 18.2 Å². The van der Waals surface area contributed by atoms with Gasteiger partial charge in [0.2, 0.25) is 0 Å². The highest BCUT2D eigenvalue weighted by molar-refractivity contribution is 5.77. The highest BCUT2D eigenvalue weighted by Crippen LogP contribution is 2.29. The standard InChI is InChI=1S/C18H18F5N3O3/c1-27-14-7-4-12(8-15(14)28-16(19)20)10-26-17(24)25-9-11-2-5-13(6-3-11)29-18(21,22)23/h2-8,16H,9-10H2,1H3,(H3,24,25,26). The van der Waals surface area contributed by atoms with Crippen molar-refractivity contribution in [3.8, 4) is 17.2 Å². The monoisotopic (exact) mass is 419 g/mol. The Bertz CT molecular complexity index is 826. The molecule has 0 aliphatic rings. The molecule has 2 rings (SSSR count). The smallest absolute Gasteiger partial charge is 0.493 e. The molecule has 0 bridgehead atoms. The lowest BCUT2D eigenvalue weighted by atomic mass is 10.2. The van der Waals surface area contributed by atoms with Crippen LogP contribution in [-0.4, -0.2) is 26.0 Å². The van der Waals surface area contributed by atoms with Crippen LogP contribution in [-0.2, 0) is 13.1 Å². The number of nitrogens with two attached hydrogens (primary N) is 1. The number of rotatable bonds is 8. The van der Waals surface area contributed by atoms with E-state index in [-0.39, 0.29) is 36.3 Å². The average molecular weight is 419 g/mol. The van der Waals surface area contributed by atoms with Crippen molar-refractivity contribution in [2.24, 2.45) is 10.7 Å². The van der Waals surface area contributed by atoms with Gasteiger partial charge < -0.3 is 25.3 Å². The van der Waals surface area contributed by atoms with Gasteiger partial charge in [0.25, 0.3) is 0 Å². The molecule has 0 saturated carbocycles. The molecule has 6 nitrogen and oxygen atoms in total. The maximum absolute atomic E-state index is 12.5. The number of halogens is 5. The van der Waals surface area contributed by atoms with E-state index in [0.717, 1.165) is 0 Å². The molecule has 0 atom stereocenters. The zero-order chi connectivity index (χ0) is 21.4. The lowest BCUT2D eigenvalue weighted by molar-refractivity contribution is -0.274. The third kappa shape index (κ3) is 7.72. The predicted molar refractivity (Wildman–Crippen MR) is 94.9 cm³/mol. The molecular formula is C18H18F5N3O3. The molecule has 2 aromatic rings. The Labute approximate surface area is 163 Å². The second-order valence-electron chi connectivity index (χ2n) is 5.61. The fourth-order valence-corrected chi connectivity index (χ4v) is 2.24. The second kappa shape index (κ2) is 9.80. The number of aliphatic imine (C=N–C) groups is 1. The molecule has 0 aromatic heterocycles. The Kier molecular flexibility index (Phi) is 7.46. The van der Waals surface area contributed by atoms with Gasteiger partial charge in [-0.2, -0.15) is 8.78 Å². The number of hydrogen-bond donors (Lipinski definition) is 2. The Morgan fingerprint density at radius 3 is 2.31 bits per heavy atom. The van der Waals surface area contributed by atoms with Crippen molar-refractivity contribution in [3.05, 3.63) is 53.6 Å². The van der Waals surface area contributed by atoms with Gasteiger partial charge in [-0.15, -0.1) is 13.2 Å². The Morgan fingerprint density at radius 2 is 1.72 bits per heavy atom. The molecule has 158 valence electrons. The second-order valence-corrected chi connectivity index (χ2v) is 5.61. The first-order valence-electron chi connectivity index (χ1n) is 8.16. The number of nitrogens with zero attached hydrogens (tertiary/aromatic N) is 1. The summed E-state index contributed by atoms with van der Waals surface area (Å²) in [4.78, 5) is 4.08. The van der Waals surface area contributed by atoms with Crippen molar-refractivity contribution >= 4 is 5.96 Å². The van der Waals surface area contributed by atoms with Crippen LogP contribution in [0, 0.1) is 0 Å². The summed E-state index contributed by atoms with van der Waals surface area (Å²) >= 11 is 0. The number of benzene rings is 2. The molecule has 3 N–H and O–H groups in total. The topological polar surface area (TPSA) is 78.1 Å². The van der Waals surface area contributed by atoms with E-state index in [2.05, 4.69) is 19.8 Å². The van der Waals surface area contributed by atoms with Gasteiger partial charge >= 0.3 is 13.0 Å². The summed E-state index contributed by atoms with van der Waals surface area (Å²) in [5.74, 6) is -0.234. The average Bonchev–Trinajstić information content (AvgIpc) is 2.64. The molecule has 0 saturated heterocycles. The fourth-order valence-electron chi connectivity index (χ4n) is 2.24. The highest BCUT2D eigenvalue weighted by atomic mass is 19.4. The predicted octanol–water partition coefficient (Wildman–Crippen LogP) is 3.80. The van der Waals surface area contributed by atoms with E-state index in [1.165, 1.54) is 43.5 Å². The minimum absolute atomic E-state index is 0.0627. The first kappa shape index (κ1) is 22.1. The van der Waals surface area contributed by atoms with E-state index in [1.54, 1.807) is 6.07 Å². The minimum Gasteiger partial charge on any atom is -0.493 e. The van der Waals surface area contributed by atoms with Crippen LogP contribution in [0.3, 0.4) is 0 Å². The Morgan fingerprint density at radius 1 is 1.07 bits per heavy atom. The SMILES string of the molecule is COc1ccc(CN=C(N)NCc2ccc(OC(F)(F)F)cc2)cc1OC(F)F. The molecular weight excluding hydrogens is 401 g/mol. The molecule has 29 heavy (non-hydrogen) atoms. The Balaban J connectivity index is 1.92. The van der Waals surface area contributed by atoms with Crippen molar-refractivity contribution in [1.82, 2.24) is 5.32 Å². The van der Waals surface area contributed by atoms with E-state index in [1.807, 2.05) is 0 Å². The lowest BCUT2D eigenvalue weighted by Gasteiger charge is -2.11. The van der Waals surface area contributed by atoms with Crippen molar-refractivity contribution in [2.45, 2.75) is 26.1 Å². The molecule has 0 fully saturated rings. The number of methoxy groups -OCH3 is 1. The molecule has 0 amide bonds. The molecule has 2 aromatic carbocycles. The van der Waals surface area contributed by atoms with E-state index < -0.39 is 13.0 Å². The lowest BCUT2D eigenvalue weighted by Crippen LogP contribution is -2.31. The third-order valence-corrected chi connectivity index (χ3v) is 3.51. The molecule has 11 heteroatoms. The van der Waals surface area contributed by atoms with Gasteiger partial charge in [0, 0.05) is 6.54 Å². The molecule has 0 unspecified atom stereocenters. The van der Waals surface area contributed by atoms with Crippen molar-refractivity contribution in [3.63, 3.8) is 0 Å². The van der Waals surface area contributed by atoms with Crippen LogP contribution in [0.25, 0.3) is 0 Å². The van der Waals surface area contributed by atoms with Gasteiger partial charge in [0.15, 0.2) is 17.5 Å². The summed E-state index contributed by atoms with van der Waals surface area (Å²) in [7, 11) is 1.33. The quantitative estimate of drug-likeness (QED) is 0.387. The van der Waals surface area contributed by atoms with Crippen LogP contribution in [0.5, 0.6) is 17.2 Å². The largest absolute Gasteiger partial charge is 0.573 e. The highest BCUT2D eigenvalue weighted by Gasteiger charge is 2.30. The molecule has 0 heterocycles. The van der Waals surface area contributed by atoms with Crippen LogP contribution in [0.2, 0.25) is 0 Å². The van der Waals surface area contributed by atoms with Gasteiger partial charge in [-0.3, -0.25) is 0 Å². The van der Waals surface area contributed by atoms with Crippen LogP contribution in [0.4, 0.5) is 22.0 Å². The minimum atomic E-state index is -4.75. The van der Waals surface area contributed by atoms with Crippen LogP contribution in [0.15, 0.2) is 47.5 Å². The summed E-state index contributed by atoms with van der Waals surface area (Å²) in [6.45, 7) is -2.70. The summed E-state index contributed by atoms with van der Waals surface area (Å²) < 4.78 is 74.4. The molecule has 0 aliphatic carbocycles. The first-order chi connectivity index (χ1) is 13.7. The van der Waals surface area contributed by atoms with Gasteiger partial charge in [-0.25, -0.2) is 4.99 Å². The summed E-state index contributed by atoms with van der Waals surface area (Å²) in [5, 5.41) is 2.80. The summed E-state index contributed by atoms with van der Waals surface area (Å²) in [6.07, 6.45) is -4.75. The van der Waals surface area contributed by atoms with Gasteiger partial charge in [0.1, 0.15) is 5.75 Å². The summed E-state index contributed by atoms with van der Waals surface area (Å²) in [5.41, 5.74) is 6.95.